The van der Waals surface area contributed by atoms with E-state index in [1.165, 1.54) is 0 Å². The van der Waals surface area contributed by atoms with Gasteiger partial charge in [0, 0.05) is 70.6 Å². The highest BCUT2D eigenvalue weighted by molar-refractivity contribution is 5.96. The summed E-state index contributed by atoms with van der Waals surface area (Å²) in [6, 6.07) is 0.541. The number of hydrogen-bond acceptors (Lipinski definition) is 5. The molecule has 0 unspecified atom stereocenters. The smallest absolute Gasteiger partial charge is 0.317 e. The summed E-state index contributed by atoms with van der Waals surface area (Å²) in [5.74, 6) is 0.593. The third kappa shape index (κ3) is 7.49. The lowest BCUT2D eigenvalue weighted by Gasteiger charge is -2.47. The normalized spacial score (nSPS) is 25.6. The first-order valence-corrected chi connectivity index (χ1v) is 12.2. The van der Waals surface area contributed by atoms with Crippen LogP contribution in [-0.4, -0.2) is 104 Å². The minimum absolute atomic E-state index is 0.0302. The molecule has 0 spiro atoms. The zero-order valence-corrected chi connectivity index (χ0v) is 20.7. The van der Waals surface area contributed by atoms with E-state index in [1.54, 1.807) is 0 Å². The van der Waals surface area contributed by atoms with E-state index in [0.717, 1.165) is 64.0 Å². The zero-order chi connectivity index (χ0) is 23.0. The number of urea groups is 1. The van der Waals surface area contributed by atoms with Gasteiger partial charge in [-0.25, -0.2) is 4.79 Å². The van der Waals surface area contributed by atoms with Crippen molar-refractivity contribution in [2.24, 2.45) is 5.92 Å². The summed E-state index contributed by atoms with van der Waals surface area (Å²) in [5, 5.41) is 3.30. The van der Waals surface area contributed by atoms with Crippen molar-refractivity contribution in [2.75, 3.05) is 60.4 Å². The van der Waals surface area contributed by atoms with Crippen LogP contribution in [0.15, 0.2) is 11.8 Å². The molecule has 1 heterocycles. The van der Waals surface area contributed by atoms with Gasteiger partial charge in [-0.3, -0.25) is 9.69 Å². The second-order valence-corrected chi connectivity index (χ2v) is 9.54. The molecular weight excluding hydrogens is 390 g/mol. The summed E-state index contributed by atoms with van der Waals surface area (Å²) in [6.45, 7) is 11.7. The zero-order valence-electron chi connectivity index (χ0n) is 20.7. The quantitative estimate of drug-likeness (QED) is 0.535. The molecule has 0 aromatic rings. The van der Waals surface area contributed by atoms with Gasteiger partial charge in [0.2, 0.25) is 0 Å². The van der Waals surface area contributed by atoms with Gasteiger partial charge in [-0.1, -0.05) is 13.8 Å². The molecule has 1 aliphatic heterocycles. The van der Waals surface area contributed by atoms with Crippen molar-refractivity contribution in [3.63, 3.8) is 0 Å². The van der Waals surface area contributed by atoms with Crippen molar-refractivity contribution >= 4 is 11.8 Å². The number of rotatable bonds is 10. The van der Waals surface area contributed by atoms with E-state index in [2.05, 4.69) is 36.0 Å². The maximum atomic E-state index is 13.0. The van der Waals surface area contributed by atoms with Crippen LogP contribution in [-0.2, 0) is 4.79 Å². The summed E-state index contributed by atoms with van der Waals surface area (Å²) in [4.78, 5) is 34.4. The van der Waals surface area contributed by atoms with Crippen LogP contribution in [0.25, 0.3) is 0 Å². The van der Waals surface area contributed by atoms with Crippen LogP contribution in [0.1, 0.15) is 52.9 Å². The van der Waals surface area contributed by atoms with Crippen LogP contribution >= 0.6 is 0 Å². The molecule has 7 heteroatoms. The predicted molar refractivity (Wildman–Crippen MR) is 127 cm³/mol. The lowest BCUT2D eigenvalue weighted by Crippen LogP contribution is -2.59. The third-order valence-corrected chi connectivity index (χ3v) is 6.57. The Morgan fingerprint density at radius 1 is 1.10 bits per heavy atom. The lowest BCUT2D eigenvalue weighted by atomic mass is 9.74. The Hall–Kier alpha value is -1.60. The number of nitrogens with one attached hydrogen (secondary N) is 1. The minimum Gasteiger partial charge on any atom is -0.383 e. The SMILES string of the molecule is CCCN(C)CCN(CC)C(=O)N[C@H]1C[C@@H]2CC(=O)C(=CN(C)C)C[C@H]2N(CCC)C1. The summed E-state index contributed by atoms with van der Waals surface area (Å²) in [6.07, 6.45) is 6.51. The number of ketones is 1. The van der Waals surface area contributed by atoms with Crippen molar-refractivity contribution in [2.45, 2.75) is 65.0 Å². The van der Waals surface area contributed by atoms with E-state index in [1.807, 2.05) is 37.0 Å². The molecule has 2 rings (SSSR count). The molecule has 0 bridgehead atoms. The fourth-order valence-electron chi connectivity index (χ4n) is 5.08. The summed E-state index contributed by atoms with van der Waals surface area (Å²) in [7, 11) is 6.06. The van der Waals surface area contributed by atoms with Gasteiger partial charge in [0.15, 0.2) is 5.78 Å². The second-order valence-electron chi connectivity index (χ2n) is 9.54. The Bertz CT molecular complexity index is 621. The van der Waals surface area contributed by atoms with Gasteiger partial charge >= 0.3 is 6.03 Å². The summed E-state index contributed by atoms with van der Waals surface area (Å²) >= 11 is 0. The molecule has 2 aliphatic rings. The largest absolute Gasteiger partial charge is 0.383 e. The van der Waals surface area contributed by atoms with Crippen molar-refractivity contribution in [1.29, 1.82) is 0 Å². The van der Waals surface area contributed by atoms with Crippen LogP contribution in [0.2, 0.25) is 0 Å². The second kappa shape index (κ2) is 12.4. The van der Waals surface area contributed by atoms with Crippen molar-refractivity contribution in [3.8, 4) is 0 Å². The number of carbonyl (C=O) groups excluding carboxylic acids is 2. The standard InChI is InChI=1S/C24H45N5O2/c1-7-10-27(6)12-13-28(9-3)24(31)25-21-14-19-16-23(30)20(17-26(4)5)15-22(19)29(18-21)11-8-2/h17,19,21-22H,7-16,18H2,1-6H3,(H,25,31)/t19-,21+,22-/m1/s1. The van der Waals surface area contributed by atoms with E-state index in [9.17, 15) is 9.59 Å². The third-order valence-electron chi connectivity index (χ3n) is 6.57. The van der Waals surface area contributed by atoms with Crippen molar-refractivity contribution in [3.05, 3.63) is 11.8 Å². The first kappa shape index (κ1) is 25.7. The fourth-order valence-corrected chi connectivity index (χ4v) is 5.08. The highest BCUT2D eigenvalue weighted by Gasteiger charge is 2.41. The van der Waals surface area contributed by atoms with Gasteiger partial charge in [0.25, 0.3) is 0 Å². The number of likely N-dealkylation sites (tertiary alicyclic amines) is 1. The highest BCUT2D eigenvalue weighted by Crippen LogP contribution is 2.36. The molecule has 178 valence electrons. The predicted octanol–water partition coefficient (Wildman–Crippen LogP) is 2.64. The van der Waals surface area contributed by atoms with E-state index >= 15 is 0 Å². The number of carbonyl (C=O) groups is 2. The van der Waals surface area contributed by atoms with Crippen molar-refractivity contribution < 1.29 is 9.59 Å². The van der Waals surface area contributed by atoms with Crippen LogP contribution in [0.5, 0.6) is 0 Å². The Morgan fingerprint density at radius 3 is 2.45 bits per heavy atom. The molecule has 2 amide bonds. The lowest BCUT2D eigenvalue weighted by molar-refractivity contribution is -0.119. The molecule has 3 atom stereocenters. The van der Waals surface area contributed by atoms with Gasteiger partial charge in [-0.05, 0) is 58.7 Å². The van der Waals surface area contributed by atoms with E-state index in [0.29, 0.717) is 24.9 Å². The van der Waals surface area contributed by atoms with Gasteiger partial charge < -0.3 is 20.0 Å². The Balaban J connectivity index is 2.01. The molecule has 1 saturated heterocycles. The summed E-state index contributed by atoms with van der Waals surface area (Å²) in [5.41, 5.74) is 0.947. The minimum atomic E-state index is 0.0302. The van der Waals surface area contributed by atoms with Gasteiger partial charge in [-0.15, -0.1) is 0 Å². The molecule has 0 radical (unpaired) electrons. The molecule has 0 aromatic heterocycles. The maximum Gasteiger partial charge on any atom is 0.317 e. The van der Waals surface area contributed by atoms with E-state index in [4.69, 9.17) is 0 Å². The molecule has 1 saturated carbocycles. The first-order valence-electron chi connectivity index (χ1n) is 12.2. The average molecular weight is 436 g/mol. The number of Topliss-reactive ketones (excluding diaryl/α,β-unsaturated/α-hetero) is 1. The topological polar surface area (TPSA) is 59.1 Å². The number of fused-ring (bicyclic) bond motifs is 1. The highest BCUT2D eigenvalue weighted by atomic mass is 16.2. The van der Waals surface area contributed by atoms with Gasteiger partial charge in [-0.2, -0.15) is 0 Å². The molecule has 1 N–H and O–H groups in total. The first-order chi connectivity index (χ1) is 14.8. The Morgan fingerprint density at radius 2 is 1.84 bits per heavy atom. The number of hydrogen-bond donors (Lipinski definition) is 1. The molecule has 31 heavy (non-hydrogen) atoms. The van der Waals surface area contributed by atoms with Crippen LogP contribution in [0, 0.1) is 5.92 Å². The molecule has 1 aliphatic carbocycles. The van der Waals surface area contributed by atoms with Gasteiger partial charge in [0.1, 0.15) is 0 Å². The van der Waals surface area contributed by atoms with Crippen LogP contribution in [0.4, 0.5) is 4.79 Å². The van der Waals surface area contributed by atoms with E-state index < -0.39 is 0 Å². The molecule has 2 fully saturated rings. The van der Waals surface area contributed by atoms with Crippen LogP contribution < -0.4 is 5.32 Å². The number of nitrogens with zero attached hydrogens (tertiary/aromatic N) is 4. The number of piperidine rings is 1. The van der Waals surface area contributed by atoms with Gasteiger partial charge in [0.05, 0.1) is 0 Å². The average Bonchev–Trinajstić information content (AvgIpc) is 2.69. The Kier molecular flexibility index (Phi) is 10.3. The van der Waals surface area contributed by atoms with Crippen molar-refractivity contribution in [1.82, 2.24) is 24.9 Å². The number of likely N-dealkylation sites (N-methyl/N-ethyl adjacent to an activating group) is 2. The van der Waals surface area contributed by atoms with Crippen LogP contribution in [0.3, 0.4) is 0 Å². The molecule has 0 aromatic carbocycles. The molecule has 7 nitrogen and oxygen atoms in total. The number of amides is 2. The Labute approximate surface area is 189 Å². The van der Waals surface area contributed by atoms with E-state index in [-0.39, 0.29) is 17.9 Å². The fraction of sp³-hybridized carbons (Fsp3) is 0.833. The monoisotopic (exact) mass is 435 g/mol. The maximum absolute atomic E-state index is 13.0. The molecular formula is C24H45N5O2. The summed E-state index contributed by atoms with van der Waals surface area (Å²) < 4.78 is 0.